The number of thiophene rings is 2. The van der Waals surface area contributed by atoms with Gasteiger partial charge in [-0.3, -0.25) is 5.43 Å². The van der Waals surface area contributed by atoms with Crippen LogP contribution in [0, 0.1) is 0 Å². The van der Waals surface area contributed by atoms with Crippen LogP contribution in [-0.4, -0.2) is 11.3 Å². The van der Waals surface area contributed by atoms with Gasteiger partial charge in [-0.25, -0.2) is 0 Å². The smallest absolute Gasteiger partial charge is 0.184 e. The minimum Gasteiger partial charge on any atom is -0.375 e. The quantitative estimate of drug-likeness (QED) is 0.510. The Bertz CT molecular complexity index is 499. The van der Waals surface area contributed by atoms with Crippen LogP contribution in [0.2, 0.25) is 0 Å². The van der Waals surface area contributed by atoms with Gasteiger partial charge in [-0.05, 0) is 35.8 Å². The molecule has 2 aromatic rings. The second-order valence-corrected chi connectivity index (χ2v) is 5.42. The molecule has 0 atom stereocenters. The molecule has 0 amide bonds. The summed E-state index contributed by atoms with van der Waals surface area (Å²) in [4.78, 5) is 3.57. The first-order chi connectivity index (χ1) is 7.75. The summed E-state index contributed by atoms with van der Waals surface area (Å²) in [6.45, 7) is 0. The fourth-order valence-electron chi connectivity index (χ4n) is 1.13. The van der Waals surface area contributed by atoms with Crippen molar-refractivity contribution in [2.45, 2.75) is 0 Å². The summed E-state index contributed by atoms with van der Waals surface area (Å²) in [7, 11) is 0. The lowest BCUT2D eigenvalue weighted by molar-refractivity contribution is 1.04. The maximum Gasteiger partial charge on any atom is 0.184 e. The lowest BCUT2D eigenvalue weighted by Gasteiger charge is -1.91. The first-order valence-electron chi connectivity index (χ1n) is 4.48. The van der Waals surface area contributed by atoms with E-state index in [4.69, 9.17) is 5.73 Å². The zero-order valence-corrected chi connectivity index (χ0v) is 10.7. The van der Waals surface area contributed by atoms with Crippen LogP contribution >= 0.6 is 34.9 Å². The molecule has 3 nitrogen and oxygen atoms in total. The molecule has 0 saturated heterocycles. The van der Waals surface area contributed by atoms with E-state index < -0.39 is 0 Å². The van der Waals surface area contributed by atoms with E-state index in [2.05, 4.69) is 40.3 Å². The molecule has 0 aliphatic heterocycles. The van der Waals surface area contributed by atoms with Crippen LogP contribution in [0.4, 0.5) is 0 Å². The van der Waals surface area contributed by atoms with Crippen molar-refractivity contribution in [3.63, 3.8) is 0 Å². The molecule has 2 heterocycles. The first kappa shape index (κ1) is 11.3. The van der Waals surface area contributed by atoms with Gasteiger partial charge in [-0.15, -0.1) is 22.7 Å². The van der Waals surface area contributed by atoms with Gasteiger partial charge in [0.05, 0.1) is 6.21 Å². The molecule has 82 valence electrons. The minimum absolute atomic E-state index is 0.172. The van der Waals surface area contributed by atoms with E-state index in [9.17, 15) is 0 Å². The average Bonchev–Trinajstić information content (AvgIpc) is 2.85. The van der Waals surface area contributed by atoms with Crippen LogP contribution in [0.15, 0.2) is 34.7 Å². The van der Waals surface area contributed by atoms with Gasteiger partial charge in [-0.1, -0.05) is 6.07 Å². The molecule has 6 heteroatoms. The molecule has 0 fully saturated rings. The number of rotatable bonds is 3. The lowest BCUT2D eigenvalue weighted by Crippen LogP contribution is -2.23. The van der Waals surface area contributed by atoms with Crippen molar-refractivity contribution >= 4 is 46.2 Å². The Kier molecular flexibility index (Phi) is 3.66. The molecule has 0 bridgehead atoms. The third-order valence-electron chi connectivity index (χ3n) is 1.76. The van der Waals surface area contributed by atoms with Crippen LogP contribution in [-0.2, 0) is 0 Å². The predicted octanol–water partition coefficient (Wildman–Crippen LogP) is 2.64. The number of hydrogen-bond donors (Lipinski definition) is 2. The second-order valence-electron chi connectivity index (χ2n) is 2.91. The van der Waals surface area contributed by atoms with Crippen molar-refractivity contribution in [2.24, 2.45) is 10.8 Å². The Hall–Kier alpha value is -1.24. The summed E-state index contributed by atoms with van der Waals surface area (Å²) in [5.74, 6) is 0. The molecule has 0 saturated carbocycles. The second kappa shape index (κ2) is 5.20. The SMILES string of the molecule is NC(=S)NN=Cc1ccc(-c2cccs2)s1. The third-order valence-corrected chi connectivity index (χ3v) is 3.93. The maximum absolute atomic E-state index is 5.25. The van der Waals surface area contributed by atoms with Crippen LogP contribution in [0.25, 0.3) is 9.75 Å². The van der Waals surface area contributed by atoms with Gasteiger partial charge in [0.1, 0.15) is 0 Å². The van der Waals surface area contributed by atoms with Crippen molar-refractivity contribution in [3.8, 4) is 9.75 Å². The van der Waals surface area contributed by atoms with Gasteiger partial charge >= 0.3 is 0 Å². The zero-order chi connectivity index (χ0) is 11.4. The maximum atomic E-state index is 5.25. The third kappa shape index (κ3) is 2.88. The van der Waals surface area contributed by atoms with Crippen molar-refractivity contribution in [1.82, 2.24) is 5.43 Å². The van der Waals surface area contributed by atoms with E-state index in [1.807, 2.05) is 12.1 Å². The van der Waals surface area contributed by atoms with Crippen LogP contribution in [0.3, 0.4) is 0 Å². The van der Waals surface area contributed by atoms with Gasteiger partial charge in [-0.2, -0.15) is 5.10 Å². The Balaban J connectivity index is 2.08. The number of hydrazone groups is 1. The molecule has 0 aliphatic rings. The molecular weight excluding hydrogens is 258 g/mol. The Morgan fingerprint density at radius 3 is 2.94 bits per heavy atom. The molecule has 0 aliphatic carbocycles. The van der Waals surface area contributed by atoms with Crippen molar-refractivity contribution < 1.29 is 0 Å². The van der Waals surface area contributed by atoms with E-state index in [1.165, 1.54) is 9.75 Å². The lowest BCUT2D eigenvalue weighted by atomic mass is 10.4. The highest BCUT2D eigenvalue weighted by Crippen LogP contribution is 2.30. The van der Waals surface area contributed by atoms with Gasteiger partial charge < -0.3 is 5.73 Å². The van der Waals surface area contributed by atoms with Gasteiger partial charge in [0.2, 0.25) is 0 Å². The van der Waals surface area contributed by atoms with Gasteiger partial charge in [0.15, 0.2) is 5.11 Å². The summed E-state index contributed by atoms with van der Waals surface area (Å²) >= 11 is 8.05. The first-order valence-corrected chi connectivity index (χ1v) is 6.58. The van der Waals surface area contributed by atoms with E-state index >= 15 is 0 Å². The fraction of sp³-hybridized carbons (Fsp3) is 0. The predicted molar refractivity (Wildman–Crippen MR) is 75.1 cm³/mol. The summed E-state index contributed by atoms with van der Waals surface area (Å²) < 4.78 is 0. The standard InChI is InChI=1S/C10H9N3S3/c11-10(14)13-12-6-7-3-4-9(16-7)8-2-1-5-15-8/h1-6H,(H3,11,13,14). The number of nitrogens with one attached hydrogen (secondary N) is 1. The average molecular weight is 267 g/mol. The zero-order valence-electron chi connectivity index (χ0n) is 8.21. The number of thiocarbonyl (C=S) groups is 1. The summed E-state index contributed by atoms with van der Waals surface area (Å²) in [6, 6.07) is 8.25. The molecule has 0 unspecified atom stereocenters. The van der Waals surface area contributed by atoms with E-state index in [-0.39, 0.29) is 5.11 Å². The minimum atomic E-state index is 0.172. The Morgan fingerprint density at radius 1 is 1.38 bits per heavy atom. The molecule has 2 aromatic heterocycles. The van der Waals surface area contributed by atoms with Crippen molar-refractivity contribution in [3.05, 3.63) is 34.5 Å². The normalized spacial score (nSPS) is 10.8. The Morgan fingerprint density at radius 2 is 2.25 bits per heavy atom. The van der Waals surface area contributed by atoms with Gasteiger partial charge in [0.25, 0.3) is 0 Å². The highest BCUT2D eigenvalue weighted by Gasteiger charge is 2.01. The Labute approximate surface area is 107 Å². The summed E-state index contributed by atoms with van der Waals surface area (Å²) in [6.07, 6.45) is 1.71. The van der Waals surface area contributed by atoms with Crippen molar-refractivity contribution in [1.29, 1.82) is 0 Å². The molecule has 2 rings (SSSR count). The monoisotopic (exact) mass is 267 g/mol. The van der Waals surface area contributed by atoms with E-state index in [0.29, 0.717) is 0 Å². The number of nitrogens with two attached hydrogens (primary N) is 1. The highest BCUT2D eigenvalue weighted by molar-refractivity contribution is 7.80. The molecule has 0 spiro atoms. The van der Waals surface area contributed by atoms with Crippen LogP contribution in [0.1, 0.15) is 4.88 Å². The molecular formula is C10H9N3S3. The molecule has 16 heavy (non-hydrogen) atoms. The summed E-state index contributed by atoms with van der Waals surface area (Å²) in [5, 5.41) is 6.15. The van der Waals surface area contributed by atoms with Crippen molar-refractivity contribution in [2.75, 3.05) is 0 Å². The highest BCUT2D eigenvalue weighted by atomic mass is 32.1. The number of hydrogen-bond acceptors (Lipinski definition) is 4. The molecule has 0 aromatic carbocycles. The van der Waals surface area contributed by atoms with Gasteiger partial charge in [0, 0.05) is 14.6 Å². The number of nitrogens with zero attached hydrogens (tertiary/aromatic N) is 1. The van der Waals surface area contributed by atoms with Crippen LogP contribution in [0.5, 0.6) is 0 Å². The molecule has 0 radical (unpaired) electrons. The fourth-order valence-corrected chi connectivity index (χ4v) is 2.90. The van der Waals surface area contributed by atoms with E-state index in [1.54, 1.807) is 28.9 Å². The van der Waals surface area contributed by atoms with Crippen LogP contribution < -0.4 is 11.2 Å². The summed E-state index contributed by atoms with van der Waals surface area (Å²) in [5.41, 5.74) is 7.78. The molecule has 3 N–H and O–H groups in total. The topological polar surface area (TPSA) is 50.4 Å². The van der Waals surface area contributed by atoms with E-state index in [0.717, 1.165) is 4.88 Å². The largest absolute Gasteiger partial charge is 0.375 e.